The van der Waals surface area contributed by atoms with Crippen LogP contribution in [0.4, 0.5) is 0 Å². The Balaban J connectivity index is 2.87. The monoisotopic (exact) mass is 262 g/mol. The Morgan fingerprint density at radius 2 is 2.05 bits per heavy atom. The lowest BCUT2D eigenvalue weighted by atomic mass is 10.2. The Morgan fingerprint density at radius 3 is 2.63 bits per heavy atom. The first-order valence-corrected chi connectivity index (χ1v) is 6.26. The van der Waals surface area contributed by atoms with Crippen LogP contribution in [-0.4, -0.2) is 19.1 Å². The van der Waals surface area contributed by atoms with E-state index in [1.54, 1.807) is 11.5 Å². The summed E-state index contributed by atoms with van der Waals surface area (Å²) < 4.78 is 2.73. The molecule has 2 rings (SSSR count). The minimum atomic E-state index is -0.347. The number of fused-ring (bicyclic) bond motifs is 1. The number of aromatic nitrogens is 4. The molecule has 0 fully saturated rings. The molecular weight excluding hydrogens is 244 g/mol. The summed E-state index contributed by atoms with van der Waals surface area (Å²) in [6.45, 7) is 10.1. The van der Waals surface area contributed by atoms with E-state index in [4.69, 9.17) is 0 Å². The van der Waals surface area contributed by atoms with Crippen molar-refractivity contribution < 1.29 is 0 Å². The first kappa shape index (κ1) is 13.3. The molecule has 0 aliphatic heterocycles. The maximum Gasteiger partial charge on any atom is 0.333 e. The van der Waals surface area contributed by atoms with Gasteiger partial charge in [0, 0.05) is 13.1 Å². The average molecular weight is 262 g/mol. The Morgan fingerprint density at radius 1 is 1.37 bits per heavy atom. The van der Waals surface area contributed by atoms with Gasteiger partial charge in [0.1, 0.15) is 11.3 Å². The first-order chi connectivity index (χ1) is 8.95. The highest BCUT2D eigenvalue weighted by Gasteiger charge is 2.16. The second-order valence-corrected chi connectivity index (χ2v) is 5.01. The summed E-state index contributed by atoms with van der Waals surface area (Å²) in [5.74, 6) is 0.910. The van der Waals surface area contributed by atoms with E-state index in [0.717, 1.165) is 0 Å². The van der Waals surface area contributed by atoms with Gasteiger partial charge in [-0.05, 0) is 12.8 Å². The summed E-state index contributed by atoms with van der Waals surface area (Å²) in [4.78, 5) is 31.8. The smallest absolute Gasteiger partial charge is 0.333 e. The normalized spacial score (nSPS) is 11.4. The van der Waals surface area contributed by atoms with Crippen molar-refractivity contribution in [2.45, 2.75) is 33.9 Å². The predicted molar refractivity (Wildman–Crippen MR) is 74.4 cm³/mol. The Hall–Kier alpha value is -2.11. The van der Waals surface area contributed by atoms with E-state index >= 15 is 0 Å². The summed E-state index contributed by atoms with van der Waals surface area (Å²) >= 11 is 0. The lowest BCUT2D eigenvalue weighted by Crippen LogP contribution is -2.40. The number of aryl methyl sites for hydroxylation is 1. The van der Waals surface area contributed by atoms with Gasteiger partial charge < -0.3 is 4.98 Å². The fourth-order valence-corrected chi connectivity index (χ4v) is 2.10. The van der Waals surface area contributed by atoms with Gasteiger partial charge in [-0.3, -0.25) is 13.9 Å². The van der Waals surface area contributed by atoms with Crippen molar-refractivity contribution in [2.24, 2.45) is 5.92 Å². The Bertz CT molecular complexity index is 733. The van der Waals surface area contributed by atoms with Crippen LogP contribution in [0.25, 0.3) is 11.2 Å². The van der Waals surface area contributed by atoms with E-state index in [1.807, 2.05) is 13.8 Å². The third kappa shape index (κ3) is 2.25. The van der Waals surface area contributed by atoms with Crippen LogP contribution < -0.4 is 11.2 Å². The highest BCUT2D eigenvalue weighted by Crippen LogP contribution is 2.07. The fraction of sp³-hybridized carbons (Fsp3) is 0.462. The van der Waals surface area contributed by atoms with Crippen molar-refractivity contribution in [3.63, 3.8) is 0 Å². The minimum absolute atomic E-state index is 0.198. The zero-order chi connectivity index (χ0) is 14.2. The zero-order valence-corrected chi connectivity index (χ0v) is 11.4. The molecule has 19 heavy (non-hydrogen) atoms. The SMILES string of the molecule is C=CCn1c(=O)c2[nH]c(C)nc2n(CC(C)C)c1=O. The molecule has 2 aromatic rings. The number of hydrogen-bond donors (Lipinski definition) is 1. The number of nitrogens with zero attached hydrogens (tertiary/aromatic N) is 3. The predicted octanol–water partition coefficient (Wildman–Crippen LogP) is 1.04. The van der Waals surface area contributed by atoms with Crippen molar-refractivity contribution in [3.8, 4) is 0 Å². The van der Waals surface area contributed by atoms with Crippen molar-refractivity contribution in [3.05, 3.63) is 39.3 Å². The van der Waals surface area contributed by atoms with Gasteiger partial charge in [-0.1, -0.05) is 19.9 Å². The van der Waals surface area contributed by atoms with Crippen molar-refractivity contribution in [2.75, 3.05) is 0 Å². The molecule has 2 heterocycles. The van der Waals surface area contributed by atoms with E-state index in [2.05, 4.69) is 16.5 Å². The highest BCUT2D eigenvalue weighted by molar-refractivity contribution is 5.69. The third-order valence-corrected chi connectivity index (χ3v) is 2.84. The van der Waals surface area contributed by atoms with Gasteiger partial charge >= 0.3 is 5.69 Å². The number of rotatable bonds is 4. The van der Waals surface area contributed by atoms with Gasteiger partial charge in [0.15, 0.2) is 5.65 Å². The number of nitrogens with one attached hydrogen (secondary N) is 1. The molecule has 0 aromatic carbocycles. The maximum absolute atomic E-state index is 12.4. The van der Waals surface area contributed by atoms with E-state index < -0.39 is 0 Å². The topological polar surface area (TPSA) is 72.7 Å². The summed E-state index contributed by atoms with van der Waals surface area (Å²) in [5, 5.41) is 0. The molecular formula is C13H18N4O2. The molecule has 102 valence electrons. The molecule has 0 unspecified atom stereocenters. The largest absolute Gasteiger partial charge is 0.336 e. The van der Waals surface area contributed by atoms with Crippen LogP contribution in [0, 0.1) is 12.8 Å². The second-order valence-electron chi connectivity index (χ2n) is 5.01. The molecule has 0 bridgehead atoms. The van der Waals surface area contributed by atoms with Crippen molar-refractivity contribution >= 4 is 11.2 Å². The molecule has 6 heteroatoms. The van der Waals surface area contributed by atoms with Gasteiger partial charge in [-0.15, -0.1) is 6.58 Å². The number of imidazole rings is 1. The number of aromatic amines is 1. The fourth-order valence-electron chi connectivity index (χ4n) is 2.10. The lowest BCUT2D eigenvalue weighted by molar-refractivity contribution is 0.495. The minimum Gasteiger partial charge on any atom is -0.336 e. The summed E-state index contributed by atoms with van der Waals surface area (Å²) in [6, 6.07) is 0. The van der Waals surface area contributed by atoms with Crippen molar-refractivity contribution in [1.82, 2.24) is 19.1 Å². The quantitative estimate of drug-likeness (QED) is 0.837. The Kier molecular flexibility index (Phi) is 3.42. The van der Waals surface area contributed by atoms with E-state index in [9.17, 15) is 9.59 Å². The number of H-pyrrole nitrogens is 1. The van der Waals surface area contributed by atoms with E-state index in [1.165, 1.54) is 10.6 Å². The summed E-state index contributed by atoms with van der Waals surface area (Å²) in [6.07, 6.45) is 1.54. The molecule has 6 nitrogen and oxygen atoms in total. The van der Waals surface area contributed by atoms with Crippen LogP contribution in [0.2, 0.25) is 0 Å². The van der Waals surface area contributed by atoms with Crippen LogP contribution in [0.1, 0.15) is 19.7 Å². The summed E-state index contributed by atoms with van der Waals surface area (Å²) in [5.41, 5.74) is 0.124. The van der Waals surface area contributed by atoms with Crippen LogP contribution in [-0.2, 0) is 13.1 Å². The van der Waals surface area contributed by atoms with Gasteiger partial charge in [0.05, 0.1) is 0 Å². The van der Waals surface area contributed by atoms with Gasteiger partial charge in [0.2, 0.25) is 0 Å². The molecule has 1 N–H and O–H groups in total. The molecule has 2 aromatic heterocycles. The molecule has 0 aliphatic carbocycles. The number of hydrogen-bond acceptors (Lipinski definition) is 3. The molecule has 0 spiro atoms. The highest BCUT2D eigenvalue weighted by atomic mass is 16.2. The average Bonchev–Trinajstić information content (AvgIpc) is 2.72. The molecule has 0 aliphatic rings. The van der Waals surface area contributed by atoms with Crippen LogP contribution >= 0.6 is 0 Å². The molecule has 0 radical (unpaired) electrons. The van der Waals surface area contributed by atoms with Gasteiger partial charge in [-0.2, -0.15) is 0 Å². The maximum atomic E-state index is 12.4. The van der Waals surface area contributed by atoms with E-state index in [-0.39, 0.29) is 23.7 Å². The first-order valence-electron chi connectivity index (χ1n) is 6.26. The van der Waals surface area contributed by atoms with Gasteiger partial charge in [-0.25, -0.2) is 9.78 Å². The van der Waals surface area contributed by atoms with Crippen molar-refractivity contribution in [1.29, 1.82) is 0 Å². The Labute approximate surface area is 110 Å². The molecule has 0 saturated carbocycles. The summed E-state index contributed by atoms with van der Waals surface area (Å²) in [7, 11) is 0. The third-order valence-electron chi connectivity index (χ3n) is 2.84. The molecule has 0 atom stereocenters. The zero-order valence-electron chi connectivity index (χ0n) is 11.4. The van der Waals surface area contributed by atoms with E-state index in [0.29, 0.717) is 23.5 Å². The lowest BCUT2D eigenvalue weighted by Gasteiger charge is -2.11. The second kappa shape index (κ2) is 4.87. The van der Waals surface area contributed by atoms with Crippen LogP contribution in [0.15, 0.2) is 22.2 Å². The molecule has 0 amide bonds. The number of allylic oxidation sites excluding steroid dienone is 1. The molecule has 0 saturated heterocycles. The standard InChI is InChI=1S/C13H18N4O2/c1-5-6-16-12(18)10-11(15-9(4)14-10)17(13(16)19)7-8(2)3/h5,8H,1,6-7H2,2-4H3,(H,14,15). The van der Waals surface area contributed by atoms with Gasteiger partial charge in [0.25, 0.3) is 5.56 Å². The van der Waals surface area contributed by atoms with Crippen LogP contribution in [0.3, 0.4) is 0 Å². The van der Waals surface area contributed by atoms with Crippen LogP contribution in [0.5, 0.6) is 0 Å².